The molecule has 0 unspecified atom stereocenters. The van der Waals surface area contributed by atoms with Gasteiger partial charge >= 0.3 is 6.09 Å². The predicted octanol–water partition coefficient (Wildman–Crippen LogP) is 6.46. The van der Waals surface area contributed by atoms with Gasteiger partial charge in [-0.1, -0.05) is 49.1 Å². The molecule has 3 rings (SSSR count). The van der Waals surface area contributed by atoms with Crippen molar-refractivity contribution in [2.24, 2.45) is 0 Å². The molecule has 0 spiro atoms. The van der Waals surface area contributed by atoms with E-state index in [1.165, 1.54) is 17.8 Å². The van der Waals surface area contributed by atoms with Crippen molar-refractivity contribution < 1.29 is 17.9 Å². The zero-order valence-corrected chi connectivity index (χ0v) is 21.8. The molecule has 3 aromatic rings. The van der Waals surface area contributed by atoms with Gasteiger partial charge in [0.1, 0.15) is 11.4 Å². The molecule has 1 amide bonds. The molecule has 2 aromatic carbocycles. The number of amidine groups is 1. The maximum atomic E-state index is 13.5. The molecule has 1 heterocycles. The second-order valence-electron chi connectivity index (χ2n) is 8.33. The van der Waals surface area contributed by atoms with Gasteiger partial charge in [0.15, 0.2) is 0 Å². The van der Waals surface area contributed by atoms with Crippen LogP contribution in [0, 0.1) is 5.41 Å². The van der Waals surface area contributed by atoms with E-state index >= 15 is 0 Å². The predicted molar refractivity (Wildman–Crippen MR) is 140 cm³/mol. The lowest BCUT2D eigenvalue weighted by atomic mass is 10.0. The van der Waals surface area contributed by atoms with E-state index in [0.29, 0.717) is 9.09 Å². The van der Waals surface area contributed by atoms with Crippen molar-refractivity contribution in [1.82, 2.24) is 5.32 Å². The first-order valence-electron chi connectivity index (χ1n) is 10.3. The first-order chi connectivity index (χ1) is 15.9. The maximum absolute atomic E-state index is 13.5. The lowest BCUT2D eigenvalue weighted by Gasteiger charge is -2.19. The first-order valence-corrected chi connectivity index (χ1v) is 13.8. The van der Waals surface area contributed by atoms with Gasteiger partial charge in [-0.3, -0.25) is 10.7 Å². The third kappa shape index (κ3) is 5.97. The van der Waals surface area contributed by atoms with Gasteiger partial charge in [-0.15, -0.1) is 23.1 Å². The second-order valence-corrected chi connectivity index (χ2v) is 12.4. The Morgan fingerprint density at radius 1 is 1.12 bits per heavy atom. The fraction of sp³-hybridized carbons (Fsp3) is 0.200. The van der Waals surface area contributed by atoms with Crippen molar-refractivity contribution in [2.75, 3.05) is 6.26 Å². The average molecular weight is 515 g/mol. The Morgan fingerprint density at radius 2 is 1.79 bits per heavy atom. The number of thiophene rings is 1. The number of amides is 1. The number of hydrogen-bond donors (Lipinski definition) is 2. The van der Waals surface area contributed by atoms with Crippen LogP contribution in [0.4, 0.5) is 4.79 Å². The van der Waals surface area contributed by atoms with E-state index in [9.17, 15) is 13.2 Å². The lowest BCUT2D eigenvalue weighted by Crippen LogP contribution is -2.36. The summed E-state index contributed by atoms with van der Waals surface area (Å²) >= 11 is 2.41. The summed E-state index contributed by atoms with van der Waals surface area (Å²) in [5.41, 5.74) is 1.93. The molecule has 6 nitrogen and oxygen atoms in total. The first kappa shape index (κ1) is 25.7. The zero-order chi connectivity index (χ0) is 25.1. The van der Waals surface area contributed by atoms with Crippen LogP contribution in [0.1, 0.15) is 31.2 Å². The minimum Gasteiger partial charge on any atom is -0.444 e. The molecule has 0 aliphatic heterocycles. The van der Waals surface area contributed by atoms with E-state index in [4.69, 9.17) is 10.1 Å². The largest absolute Gasteiger partial charge is 0.444 e. The molecule has 0 fully saturated rings. The summed E-state index contributed by atoms with van der Waals surface area (Å²) in [6, 6.07) is 15.9. The van der Waals surface area contributed by atoms with E-state index in [0.717, 1.165) is 28.0 Å². The fourth-order valence-electron chi connectivity index (χ4n) is 3.06. The molecular weight excluding hydrogens is 488 g/mol. The molecular formula is C25H26N2O4S3. The van der Waals surface area contributed by atoms with Crippen LogP contribution in [0.5, 0.6) is 0 Å². The Labute approximate surface area is 208 Å². The second kappa shape index (κ2) is 10.2. The van der Waals surface area contributed by atoms with Gasteiger partial charge in [0, 0.05) is 0 Å². The molecule has 0 radical (unpaired) electrons. The van der Waals surface area contributed by atoms with Crippen molar-refractivity contribution in [3.05, 3.63) is 71.6 Å². The molecule has 0 atom stereocenters. The number of thioether (sulfide) groups is 1. The van der Waals surface area contributed by atoms with Crippen LogP contribution in [0.2, 0.25) is 0 Å². The van der Waals surface area contributed by atoms with Crippen molar-refractivity contribution >= 4 is 50.9 Å². The van der Waals surface area contributed by atoms with Crippen molar-refractivity contribution in [3.8, 4) is 11.1 Å². The molecule has 0 bridgehead atoms. The third-order valence-electron chi connectivity index (χ3n) is 4.64. The highest BCUT2D eigenvalue weighted by Crippen LogP contribution is 2.37. The normalized spacial score (nSPS) is 11.6. The number of hydrogen-bond acceptors (Lipinski definition) is 7. The van der Waals surface area contributed by atoms with Crippen LogP contribution in [-0.2, 0) is 14.6 Å². The topological polar surface area (TPSA) is 96.3 Å². The van der Waals surface area contributed by atoms with E-state index < -0.39 is 21.5 Å². The summed E-state index contributed by atoms with van der Waals surface area (Å²) in [6.07, 6.45) is 2.76. The molecule has 0 saturated heterocycles. The summed E-state index contributed by atoms with van der Waals surface area (Å²) in [5.74, 6) is -0.216. The van der Waals surface area contributed by atoms with Gasteiger partial charge in [-0.05, 0) is 61.9 Å². The van der Waals surface area contributed by atoms with Crippen LogP contribution in [0.25, 0.3) is 17.2 Å². The lowest BCUT2D eigenvalue weighted by molar-refractivity contribution is 0.0563. The molecule has 9 heteroatoms. The Balaban J connectivity index is 1.93. The standard InChI is InChI=1S/C25H26N2O4S3/c1-6-16-10-12-17(13-11-16)18-8-7-9-19(14-18)34(29,30)21-15-20(33-23(21)32-5)22(26)27-24(28)31-25(2,3)4/h6-15H,1H2,2-5H3,(H2,26,27,28). The van der Waals surface area contributed by atoms with Gasteiger partial charge in [-0.2, -0.15) is 0 Å². The molecule has 0 saturated carbocycles. The van der Waals surface area contributed by atoms with Gasteiger partial charge in [0.25, 0.3) is 0 Å². The van der Waals surface area contributed by atoms with Crippen LogP contribution >= 0.6 is 23.1 Å². The monoisotopic (exact) mass is 514 g/mol. The van der Waals surface area contributed by atoms with Crippen molar-refractivity contribution in [3.63, 3.8) is 0 Å². The number of ether oxygens (including phenoxy) is 1. The molecule has 1 aromatic heterocycles. The molecule has 34 heavy (non-hydrogen) atoms. The van der Waals surface area contributed by atoms with Gasteiger partial charge in [-0.25, -0.2) is 13.2 Å². The third-order valence-corrected chi connectivity index (χ3v) is 8.96. The van der Waals surface area contributed by atoms with Gasteiger partial charge in [0.05, 0.1) is 18.9 Å². The highest BCUT2D eigenvalue weighted by atomic mass is 32.2. The molecule has 0 aliphatic carbocycles. The number of carbonyl (C=O) groups excluding carboxylic acids is 1. The number of alkyl carbamates (subject to hydrolysis) is 1. The molecule has 178 valence electrons. The fourth-order valence-corrected chi connectivity index (χ4v) is 7.01. The number of sulfone groups is 1. The highest BCUT2D eigenvalue weighted by molar-refractivity contribution is 8.01. The summed E-state index contributed by atoms with van der Waals surface area (Å²) in [4.78, 5) is 12.6. The smallest absolute Gasteiger partial charge is 0.413 e. The Bertz CT molecular complexity index is 1340. The van der Waals surface area contributed by atoms with Crippen LogP contribution in [0.15, 0.2) is 75.2 Å². The summed E-state index contributed by atoms with van der Waals surface area (Å²) in [5, 5.41) is 10.6. The average Bonchev–Trinajstić information content (AvgIpc) is 3.23. The summed E-state index contributed by atoms with van der Waals surface area (Å²) in [7, 11) is -3.86. The van der Waals surface area contributed by atoms with Crippen molar-refractivity contribution in [2.45, 2.75) is 40.4 Å². The van der Waals surface area contributed by atoms with E-state index in [-0.39, 0.29) is 15.6 Å². The van der Waals surface area contributed by atoms with E-state index in [1.807, 2.05) is 30.3 Å². The Morgan fingerprint density at radius 3 is 2.38 bits per heavy atom. The number of carbonyl (C=O) groups is 1. The Kier molecular flexibility index (Phi) is 7.70. The van der Waals surface area contributed by atoms with Crippen LogP contribution < -0.4 is 5.32 Å². The van der Waals surface area contributed by atoms with E-state index in [1.54, 1.807) is 51.3 Å². The van der Waals surface area contributed by atoms with Crippen LogP contribution in [-0.4, -0.2) is 32.2 Å². The molecule has 2 N–H and O–H groups in total. The molecule has 0 aliphatic rings. The number of nitrogens with one attached hydrogen (secondary N) is 2. The number of rotatable bonds is 6. The van der Waals surface area contributed by atoms with Gasteiger partial charge in [0.2, 0.25) is 9.84 Å². The van der Waals surface area contributed by atoms with Crippen LogP contribution in [0.3, 0.4) is 0 Å². The summed E-state index contributed by atoms with van der Waals surface area (Å²) < 4.78 is 32.8. The number of benzene rings is 2. The SMILES string of the molecule is C=Cc1ccc(-c2cccc(S(=O)(=O)c3cc(C(=N)NC(=O)OC(C)(C)C)sc3SC)c2)cc1. The zero-order valence-electron chi connectivity index (χ0n) is 19.3. The Hall–Kier alpha value is -2.88. The van der Waals surface area contributed by atoms with Gasteiger partial charge < -0.3 is 4.74 Å². The minimum atomic E-state index is -3.86. The summed E-state index contributed by atoms with van der Waals surface area (Å²) in [6.45, 7) is 8.92. The van der Waals surface area contributed by atoms with E-state index in [2.05, 4.69) is 11.9 Å². The van der Waals surface area contributed by atoms with Crippen molar-refractivity contribution in [1.29, 1.82) is 5.41 Å². The quantitative estimate of drug-likeness (QED) is 0.223. The highest BCUT2D eigenvalue weighted by Gasteiger charge is 2.26. The minimum absolute atomic E-state index is 0.106. The maximum Gasteiger partial charge on any atom is 0.413 e.